The Balaban J connectivity index is 1.65. The summed E-state index contributed by atoms with van der Waals surface area (Å²) in [6.45, 7) is 1.48. The van der Waals surface area contributed by atoms with Crippen molar-refractivity contribution < 1.29 is 9.53 Å². The number of hydrogen-bond acceptors (Lipinski definition) is 5. The molecule has 3 N–H and O–H groups in total. The van der Waals surface area contributed by atoms with Gasteiger partial charge in [0.1, 0.15) is 0 Å². The molecule has 0 spiro atoms. The summed E-state index contributed by atoms with van der Waals surface area (Å²) in [5.74, 6) is -0.0544. The van der Waals surface area contributed by atoms with Crippen LogP contribution in [0.4, 0.5) is 5.13 Å². The van der Waals surface area contributed by atoms with Gasteiger partial charge in [-0.3, -0.25) is 4.79 Å². The van der Waals surface area contributed by atoms with E-state index in [0.717, 1.165) is 11.3 Å². The number of amides is 1. The quantitative estimate of drug-likeness (QED) is 0.875. The second kappa shape index (κ2) is 7.70. The van der Waals surface area contributed by atoms with Gasteiger partial charge in [-0.05, 0) is 24.5 Å². The molecule has 0 aliphatic carbocycles. The summed E-state index contributed by atoms with van der Waals surface area (Å²) in [5.41, 5.74) is 7.27. The second-order valence-electron chi connectivity index (χ2n) is 5.87. The molecule has 1 fully saturated rings. The number of carbonyl (C=O) groups excluding carboxylic acids is 1. The van der Waals surface area contributed by atoms with Crippen LogP contribution in [0.15, 0.2) is 35.7 Å². The summed E-state index contributed by atoms with van der Waals surface area (Å²) >= 11 is 1.42. The molecule has 24 heavy (non-hydrogen) atoms. The standard InChI is InChI=1S/C18H21N3O2S/c19-13-18(8-10-23-11-9-18)16(22)21-17-20-15(12-24-17)7-6-14-4-2-1-3-5-14/h1-7,12H,8-11,13,19H2,(H,20,21,22)/b7-6+. The lowest BCUT2D eigenvalue weighted by Crippen LogP contribution is -2.46. The van der Waals surface area contributed by atoms with E-state index in [-0.39, 0.29) is 5.91 Å². The van der Waals surface area contributed by atoms with Crippen LogP contribution < -0.4 is 11.1 Å². The van der Waals surface area contributed by atoms with E-state index in [9.17, 15) is 4.79 Å². The number of nitrogens with two attached hydrogens (primary N) is 1. The van der Waals surface area contributed by atoms with Gasteiger partial charge in [0.05, 0.1) is 11.1 Å². The van der Waals surface area contributed by atoms with Crippen LogP contribution in [-0.4, -0.2) is 30.6 Å². The van der Waals surface area contributed by atoms with Crippen molar-refractivity contribution in [3.63, 3.8) is 0 Å². The molecule has 1 aliphatic rings. The first-order chi connectivity index (χ1) is 11.7. The van der Waals surface area contributed by atoms with Crippen molar-refractivity contribution in [2.45, 2.75) is 12.8 Å². The van der Waals surface area contributed by atoms with Gasteiger partial charge in [-0.2, -0.15) is 0 Å². The number of carbonyl (C=O) groups is 1. The summed E-state index contributed by atoms with van der Waals surface area (Å²) in [4.78, 5) is 17.1. The third-order valence-electron chi connectivity index (χ3n) is 4.31. The van der Waals surface area contributed by atoms with Crippen LogP contribution in [0.25, 0.3) is 12.2 Å². The molecule has 1 aromatic carbocycles. The number of anilines is 1. The molecule has 2 aromatic rings. The molecular weight excluding hydrogens is 322 g/mol. The number of aromatic nitrogens is 1. The van der Waals surface area contributed by atoms with Gasteiger partial charge in [0.2, 0.25) is 5.91 Å². The summed E-state index contributed by atoms with van der Waals surface area (Å²) in [7, 11) is 0. The number of nitrogens with one attached hydrogen (secondary N) is 1. The number of rotatable bonds is 5. The zero-order chi connectivity index (χ0) is 16.8. The van der Waals surface area contributed by atoms with E-state index in [0.29, 0.717) is 37.7 Å². The number of nitrogens with zero attached hydrogens (tertiary/aromatic N) is 1. The Hall–Kier alpha value is -2.02. The Morgan fingerprint density at radius 2 is 2.04 bits per heavy atom. The lowest BCUT2D eigenvalue weighted by molar-refractivity contribution is -0.130. The molecular formula is C18H21N3O2S. The van der Waals surface area contributed by atoms with Gasteiger partial charge in [-0.25, -0.2) is 4.98 Å². The number of ether oxygens (including phenoxy) is 1. The predicted octanol–water partition coefficient (Wildman–Crippen LogP) is 3.01. The third kappa shape index (κ3) is 3.90. The van der Waals surface area contributed by atoms with Crippen molar-refractivity contribution in [3.05, 3.63) is 47.0 Å². The minimum atomic E-state index is -0.538. The minimum Gasteiger partial charge on any atom is -0.381 e. The molecule has 2 heterocycles. The average Bonchev–Trinajstić information content (AvgIpc) is 3.09. The molecule has 1 amide bonds. The Kier molecular flexibility index (Phi) is 5.40. The molecule has 0 atom stereocenters. The summed E-state index contributed by atoms with van der Waals surface area (Å²) in [5, 5.41) is 5.45. The van der Waals surface area contributed by atoms with Crippen LogP contribution in [0, 0.1) is 5.41 Å². The van der Waals surface area contributed by atoms with E-state index in [1.165, 1.54) is 11.3 Å². The molecule has 0 saturated carbocycles. The van der Waals surface area contributed by atoms with Gasteiger partial charge in [0.25, 0.3) is 0 Å². The first-order valence-electron chi connectivity index (χ1n) is 8.00. The fraction of sp³-hybridized carbons (Fsp3) is 0.333. The van der Waals surface area contributed by atoms with E-state index < -0.39 is 5.41 Å². The van der Waals surface area contributed by atoms with Gasteiger partial charge >= 0.3 is 0 Å². The van der Waals surface area contributed by atoms with Gasteiger partial charge < -0.3 is 15.8 Å². The van der Waals surface area contributed by atoms with Gasteiger partial charge in [-0.1, -0.05) is 36.4 Å². The maximum absolute atomic E-state index is 12.6. The van der Waals surface area contributed by atoms with Gasteiger partial charge in [-0.15, -0.1) is 11.3 Å². The molecule has 0 unspecified atom stereocenters. The minimum absolute atomic E-state index is 0.0544. The number of benzene rings is 1. The van der Waals surface area contributed by atoms with Crippen LogP contribution in [0.5, 0.6) is 0 Å². The maximum Gasteiger partial charge on any atom is 0.233 e. The maximum atomic E-state index is 12.6. The summed E-state index contributed by atoms with van der Waals surface area (Å²) < 4.78 is 5.35. The zero-order valence-electron chi connectivity index (χ0n) is 13.4. The number of hydrogen-bond donors (Lipinski definition) is 2. The second-order valence-corrected chi connectivity index (χ2v) is 6.73. The summed E-state index contributed by atoms with van der Waals surface area (Å²) in [6.07, 6.45) is 5.25. The lowest BCUT2D eigenvalue weighted by Gasteiger charge is -2.34. The van der Waals surface area contributed by atoms with E-state index in [2.05, 4.69) is 10.3 Å². The lowest BCUT2D eigenvalue weighted by atomic mass is 9.79. The zero-order valence-corrected chi connectivity index (χ0v) is 14.2. The van der Waals surface area contributed by atoms with Gasteiger partial charge in [0, 0.05) is 25.1 Å². The molecule has 3 rings (SSSR count). The average molecular weight is 343 g/mol. The van der Waals surface area contributed by atoms with Gasteiger partial charge in [0.15, 0.2) is 5.13 Å². The van der Waals surface area contributed by atoms with Crippen molar-refractivity contribution in [1.29, 1.82) is 0 Å². The topological polar surface area (TPSA) is 77.2 Å². The van der Waals surface area contributed by atoms with Crippen LogP contribution in [0.3, 0.4) is 0 Å². The fourth-order valence-electron chi connectivity index (χ4n) is 2.68. The molecule has 0 bridgehead atoms. The highest BCUT2D eigenvalue weighted by Crippen LogP contribution is 2.31. The molecule has 1 aromatic heterocycles. The Labute approximate surface area is 145 Å². The summed E-state index contributed by atoms with van der Waals surface area (Å²) in [6, 6.07) is 10.0. The molecule has 6 heteroatoms. The highest BCUT2D eigenvalue weighted by atomic mass is 32.1. The highest BCUT2D eigenvalue weighted by Gasteiger charge is 2.39. The molecule has 126 valence electrons. The highest BCUT2D eigenvalue weighted by molar-refractivity contribution is 7.14. The fourth-order valence-corrected chi connectivity index (χ4v) is 3.35. The van der Waals surface area contributed by atoms with Crippen molar-refractivity contribution in [2.75, 3.05) is 25.1 Å². The first kappa shape index (κ1) is 16.8. The van der Waals surface area contributed by atoms with Crippen molar-refractivity contribution >= 4 is 34.5 Å². The Morgan fingerprint density at radius 1 is 1.29 bits per heavy atom. The Bertz CT molecular complexity index is 706. The SMILES string of the molecule is NCC1(C(=O)Nc2nc(/C=C/c3ccccc3)cs2)CCOCC1. The van der Waals surface area contributed by atoms with E-state index in [1.54, 1.807) is 0 Å². The van der Waals surface area contributed by atoms with E-state index >= 15 is 0 Å². The molecule has 1 aliphatic heterocycles. The molecule has 1 saturated heterocycles. The van der Waals surface area contributed by atoms with E-state index in [1.807, 2.05) is 47.9 Å². The molecule has 5 nitrogen and oxygen atoms in total. The van der Waals surface area contributed by atoms with Crippen molar-refractivity contribution in [1.82, 2.24) is 4.98 Å². The predicted molar refractivity (Wildman–Crippen MR) is 97.7 cm³/mol. The van der Waals surface area contributed by atoms with Crippen LogP contribution in [0.2, 0.25) is 0 Å². The van der Waals surface area contributed by atoms with Crippen molar-refractivity contribution in [3.8, 4) is 0 Å². The monoisotopic (exact) mass is 343 g/mol. The Morgan fingerprint density at radius 3 is 2.75 bits per heavy atom. The van der Waals surface area contributed by atoms with Crippen LogP contribution in [-0.2, 0) is 9.53 Å². The normalized spacial score (nSPS) is 17.0. The third-order valence-corrected chi connectivity index (χ3v) is 5.09. The molecule has 0 radical (unpaired) electrons. The van der Waals surface area contributed by atoms with Crippen molar-refractivity contribution in [2.24, 2.45) is 11.1 Å². The van der Waals surface area contributed by atoms with Crippen LogP contribution in [0.1, 0.15) is 24.1 Å². The van der Waals surface area contributed by atoms with E-state index in [4.69, 9.17) is 10.5 Å². The van der Waals surface area contributed by atoms with Crippen LogP contribution >= 0.6 is 11.3 Å². The smallest absolute Gasteiger partial charge is 0.233 e. The largest absolute Gasteiger partial charge is 0.381 e. The first-order valence-corrected chi connectivity index (χ1v) is 8.88. The number of thiazole rings is 1.